The predicted octanol–water partition coefficient (Wildman–Crippen LogP) is 1.23. The Labute approximate surface area is 88.4 Å². The molecule has 0 spiro atoms. The van der Waals surface area contributed by atoms with Crippen LogP contribution in [0.3, 0.4) is 0 Å². The van der Waals surface area contributed by atoms with Crippen molar-refractivity contribution in [3.8, 4) is 0 Å². The molecule has 2 heterocycles. The molecule has 2 atom stereocenters. The van der Waals surface area contributed by atoms with Crippen molar-refractivity contribution < 1.29 is 14.4 Å². The Balaban J connectivity index is 1.91. The van der Waals surface area contributed by atoms with Crippen LogP contribution in [0.1, 0.15) is 44.0 Å². The second kappa shape index (κ2) is 4.72. The first-order chi connectivity index (χ1) is 7.25. The molecule has 0 aliphatic carbocycles. The van der Waals surface area contributed by atoms with Gasteiger partial charge in [-0.2, -0.15) is 4.98 Å². The molecular formula is C10H16N2O3. The van der Waals surface area contributed by atoms with E-state index in [-0.39, 0.29) is 12.2 Å². The summed E-state index contributed by atoms with van der Waals surface area (Å²) >= 11 is 0. The van der Waals surface area contributed by atoms with E-state index in [0.29, 0.717) is 24.6 Å². The molecule has 0 bridgehead atoms. The van der Waals surface area contributed by atoms with Gasteiger partial charge in [-0.05, 0) is 26.2 Å². The fraction of sp³-hybridized carbons (Fsp3) is 0.800. The van der Waals surface area contributed by atoms with Gasteiger partial charge >= 0.3 is 0 Å². The number of rotatable bonds is 4. The molecule has 0 amide bonds. The summed E-state index contributed by atoms with van der Waals surface area (Å²) in [7, 11) is 0. The van der Waals surface area contributed by atoms with E-state index in [9.17, 15) is 0 Å². The molecule has 0 saturated carbocycles. The molecule has 1 saturated heterocycles. The molecule has 84 valence electrons. The van der Waals surface area contributed by atoms with E-state index in [2.05, 4.69) is 10.1 Å². The number of hydrogen-bond donors (Lipinski definition) is 1. The Hall–Kier alpha value is -0.940. The Kier molecular flexibility index (Phi) is 3.33. The number of aryl methyl sites for hydroxylation is 1. The highest BCUT2D eigenvalue weighted by atomic mass is 16.5. The SMILES string of the molecule is CC(O)CCc1nc(C2CCCO2)no1. The van der Waals surface area contributed by atoms with Crippen LogP contribution in [0.25, 0.3) is 0 Å². The van der Waals surface area contributed by atoms with E-state index >= 15 is 0 Å². The maximum absolute atomic E-state index is 9.12. The minimum absolute atomic E-state index is 0.00838. The molecule has 0 aromatic carbocycles. The van der Waals surface area contributed by atoms with Crippen LogP contribution in [0.2, 0.25) is 0 Å². The molecule has 0 radical (unpaired) electrons. The molecule has 15 heavy (non-hydrogen) atoms. The van der Waals surface area contributed by atoms with Crippen molar-refractivity contribution in [1.29, 1.82) is 0 Å². The number of aliphatic hydroxyl groups excluding tert-OH is 1. The molecule has 2 rings (SSSR count). The molecule has 1 N–H and O–H groups in total. The Morgan fingerprint density at radius 3 is 3.13 bits per heavy atom. The van der Waals surface area contributed by atoms with Crippen LogP contribution in [0.5, 0.6) is 0 Å². The number of aromatic nitrogens is 2. The van der Waals surface area contributed by atoms with Crippen molar-refractivity contribution in [1.82, 2.24) is 10.1 Å². The highest BCUT2D eigenvalue weighted by Gasteiger charge is 2.22. The van der Waals surface area contributed by atoms with Crippen molar-refractivity contribution in [3.05, 3.63) is 11.7 Å². The lowest BCUT2D eigenvalue weighted by molar-refractivity contribution is 0.103. The summed E-state index contributed by atoms with van der Waals surface area (Å²) in [5.74, 6) is 1.23. The van der Waals surface area contributed by atoms with Crippen molar-refractivity contribution >= 4 is 0 Å². The second-order valence-electron chi connectivity index (χ2n) is 3.94. The van der Waals surface area contributed by atoms with Gasteiger partial charge < -0.3 is 14.4 Å². The van der Waals surface area contributed by atoms with E-state index in [4.69, 9.17) is 14.4 Å². The number of hydrogen-bond acceptors (Lipinski definition) is 5. The van der Waals surface area contributed by atoms with E-state index in [0.717, 1.165) is 19.4 Å². The lowest BCUT2D eigenvalue weighted by Gasteiger charge is -2.01. The van der Waals surface area contributed by atoms with Crippen LogP contribution in [-0.2, 0) is 11.2 Å². The second-order valence-corrected chi connectivity index (χ2v) is 3.94. The Morgan fingerprint density at radius 1 is 1.60 bits per heavy atom. The number of ether oxygens (including phenoxy) is 1. The third-order valence-electron chi connectivity index (χ3n) is 2.48. The molecule has 5 heteroatoms. The quantitative estimate of drug-likeness (QED) is 0.813. The summed E-state index contributed by atoms with van der Waals surface area (Å²) in [5.41, 5.74) is 0. The van der Waals surface area contributed by atoms with Gasteiger partial charge in [-0.25, -0.2) is 0 Å². The van der Waals surface area contributed by atoms with Gasteiger partial charge in [0.05, 0.1) is 6.10 Å². The molecular weight excluding hydrogens is 196 g/mol. The van der Waals surface area contributed by atoms with Crippen LogP contribution in [0, 0.1) is 0 Å². The minimum atomic E-state index is -0.330. The van der Waals surface area contributed by atoms with Crippen molar-refractivity contribution in [2.24, 2.45) is 0 Å². The monoisotopic (exact) mass is 212 g/mol. The summed E-state index contributed by atoms with van der Waals surface area (Å²) in [6, 6.07) is 0. The lowest BCUT2D eigenvalue weighted by Crippen LogP contribution is -2.02. The Morgan fingerprint density at radius 2 is 2.47 bits per heavy atom. The largest absolute Gasteiger partial charge is 0.393 e. The fourth-order valence-electron chi connectivity index (χ4n) is 1.61. The normalized spacial score (nSPS) is 23.2. The predicted molar refractivity (Wildman–Crippen MR) is 52.2 cm³/mol. The maximum atomic E-state index is 9.12. The third kappa shape index (κ3) is 2.76. The molecule has 1 aromatic heterocycles. The highest BCUT2D eigenvalue weighted by molar-refractivity contribution is 4.93. The van der Waals surface area contributed by atoms with Gasteiger partial charge in [-0.3, -0.25) is 0 Å². The van der Waals surface area contributed by atoms with Gasteiger partial charge in [-0.1, -0.05) is 5.16 Å². The van der Waals surface area contributed by atoms with Gasteiger partial charge in [0.15, 0.2) is 0 Å². The Bertz CT molecular complexity index is 305. The zero-order chi connectivity index (χ0) is 10.7. The lowest BCUT2D eigenvalue weighted by atomic mass is 10.2. The van der Waals surface area contributed by atoms with E-state index < -0.39 is 0 Å². The van der Waals surface area contributed by atoms with Gasteiger partial charge in [0.2, 0.25) is 11.7 Å². The molecule has 1 aromatic rings. The molecule has 2 unspecified atom stereocenters. The van der Waals surface area contributed by atoms with Crippen molar-refractivity contribution in [2.75, 3.05) is 6.61 Å². The molecule has 1 fully saturated rings. The van der Waals surface area contributed by atoms with Crippen LogP contribution < -0.4 is 0 Å². The van der Waals surface area contributed by atoms with Gasteiger partial charge in [-0.15, -0.1) is 0 Å². The first-order valence-electron chi connectivity index (χ1n) is 5.38. The first-order valence-corrected chi connectivity index (χ1v) is 5.38. The van der Waals surface area contributed by atoms with Crippen molar-refractivity contribution in [2.45, 2.75) is 44.8 Å². The smallest absolute Gasteiger partial charge is 0.226 e. The topological polar surface area (TPSA) is 68.4 Å². The maximum Gasteiger partial charge on any atom is 0.226 e. The standard InChI is InChI=1S/C10H16N2O3/c1-7(13)4-5-9-11-10(12-15-9)8-3-2-6-14-8/h7-8,13H,2-6H2,1H3. The third-order valence-corrected chi connectivity index (χ3v) is 2.48. The van der Waals surface area contributed by atoms with E-state index in [1.165, 1.54) is 0 Å². The zero-order valence-corrected chi connectivity index (χ0v) is 8.85. The summed E-state index contributed by atoms with van der Waals surface area (Å²) in [6.07, 6.45) is 2.97. The van der Waals surface area contributed by atoms with Crippen LogP contribution in [-0.4, -0.2) is 28.0 Å². The minimum Gasteiger partial charge on any atom is -0.393 e. The summed E-state index contributed by atoms with van der Waals surface area (Å²) in [5, 5.41) is 13.0. The first kappa shape index (κ1) is 10.6. The van der Waals surface area contributed by atoms with E-state index in [1.54, 1.807) is 6.92 Å². The summed E-state index contributed by atoms with van der Waals surface area (Å²) < 4.78 is 10.5. The average molecular weight is 212 g/mol. The number of aliphatic hydroxyl groups is 1. The van der Waals surface area contributed by atoms with Gasteiger partial charge in [0.1, 0.15) is 6.10 Å². The molecule has 1 aliphatic heterocycles. The van der Waals surface area contributed by atoms with Gasteiger partial charge in [0, 0.05) is 13.0 Å². The van der Waals surface area contributed by atoms with Gasteiger partial charge in [0.25, 0.3) is 0 Å². The molecule has 1 aliphatic rings. The van der Waals surface area contributed by atoms with Crippen LogP contribution in [0.15, 0.2) is 4.52 Å². The van der Waals surface area contributed by atoms with E-state index in [1.807, 2.05) is 0 Å². The summed E-state index contributed by atoms with van der Waals surface area (Å²) in [4.78, 5) is 4.25. The van der Waals surface area contributed by atoms with Crippen molar-refractivity contribution in [3.63, 3.8) is 0 Å². The van der Waals surface area contributed by atoms with Crippen LogP contribution >= 0.6 is 0 Å². The van der Waals surface area contributed by atoms with Crippen LogP contribution in [0.4, 0.5) is 0 Å². The number of nitrogens with zero attached hydrogens (tertiary/aromatic N) is 2. The summed E-state index contributed by atoms with van der Waals surface area (Å²) in [6.45, 7) is 2.53. The highest BCUT2D eigenvalue weighted by Crippen LogP contribution is 2.26. The average Bonchev–Trinajstić information content (AvgIpc) is 2.85. The molecule has 5 nitrogen and oxygen atoms in total. The zero-order valence-electron chi connectivity index (χ0n) is 8.85. The fourth-order valence-corrected chi connectivity index (χ4v) is 1.61.